The van der Waals surface area contributed by atoms with Gasteiger partial charge in [-0.15, -0.1) is 0 Å². The summed E-state index contributed by atoms with van der Waals surface area (Å²) in [6.45, 7) is 0. The first-order valence-electron chi connectivity index (χ1n) is 6.44. The molecule has 114 valence electrons. The molecule has 2 aromatic carbocycles. The molecule has 6 nitrogen and oxygen atoms in total. The summed E-state index contributed by atoms with van der Waals surface area (Å²) >= 11 is 0. The average Bonchev–Trinajstić information content (AvgIpc) is 2.59. The third-order valence-corrected chi connectivity index (χ3v) is 2.89. The summed E-state index contributed by atoms with van der Waals surface area (Å²) < 4.78 is 10.2. The Balaban J connectivity index is 2.02. The SMILES string of the molecule is COc1ccc(C(=O)NOC(=O)c2ccccc2)cc1OC. The molecule has 0 saturated heterocycles. The molecule has 2 aromatic rings. The van der Waals surface area contributed by atoms with Crippen LogP contribution < -0.4 is 15.0 Å². The number of ether oxygens (including phenoxy) is 2. The molecule has 0 aliphatic rings. The zero-order valence-corrected chi connectivity index (χ0v) is 12.2. The molecule has 0 saturated carbocycles. The van der Waals surface area contributed by atoms with E-state index in [1.54, 1.807) is 36.4 Å². The minimum atomic E-state index is -0.644. The largest absolute Gasteiger partial charge is 0.493 e. The number of methoxy groups -OCH3 is 2. The summed E-state index contributed by atoms with van der Waals surface area (Å²) in [6.07, 6.45) is 0. The van der Waals surface area contributed by atoms with Gasteiger partial charge in [0.25, 0.3) is 5.91 Å². The van der Waals surface area contributed by atoms with Gasteiger partial charge in [0.1, 0.15) is 0 Å². The van der Waals surface area contributed by atoms with E-state index in [0.29, 0.717) is 17.1 Å². The lowest BCUT2D eigenvalue weighted by Crippen LogP contribution is -2.27. The Morgan fingerprint density at radius 1 is 0.864 bits per heavy atom. The van der Waals surface area contributed by atoms with Gasteiger partial charge in [0.15, 0.2) is 11.5 Å². The number of amides is 1. The molecule has 0 heterocycles. The minimum Gasteiger partial charge on any atom is -0.493 e. The fraction of sp³-hybridized carbons (Fsp3) is 0.125. The number of hydrogen-bond acceptors (Lipinski definition) is 5. The van der Waals surface area contributed by atoms with Gasteiger partial charge in [0.05, 0.1) is 19.8 Å². The van der Waals surface area contributed by atoms with E-state index in [2.05, 4.69) is 5.48 Å². The summed E-state index contributed by atoms with van der Waals surface area (Å²) in [5.41, 5.74) is 2.72. The summed E-state index contributed by atoms with van der Waals surface area (Å²) in [4.78, 5) is 28.4. The summed E-state index contributed by atoms with van der Waals surface area (Å²) in [7, 11) is 2.97. The first-order valence-corrected chi connectivity index (χ1v) is 6.44. The van der Waals surface area contributed by atoms with E-state index < -0.39 is 11.9 Å². The number of rotatable bonds is 4. The van der Waals surface area contributed by atoms with Crippen molar-refractivity contribution in [3.63, 3.8) is 0 Å². The molecule has 22 heavy (non-hydrogen) atoms. The zero-order chi connectivity index (χ0) is 15.9. The minimum absolute atomic E-state index is 0.276. The van der Waals surface area contributed by atoms with E-state index in [0.717, 1.165) is 0 Å². The maximum absolute atomic E-state index is 12.0. The highest BCUT2D eigenvalue weighted by molar-refractivity contribution is 5.96. The van der Waals surface area contributed by atoms with Gasteiger partial charge in [-0.1, -0.05) is 18.2 Å². The summed E-state index contributed by atoms with van der Waals surface area (Å²) in [5, 5.41) is 0. The van der Waals surface area contributed by atoms with Gasteiger partial charge in [0, 0.05) is 5.56 Å². The molecule has 6 heteroatoms. The Morgan fingerprint density at radius 3 is 2.18 bits per heavy atom. The molecule has 0 bridgehead atoms. The van der Waals surface area contributed by atoms with Crippen LogP contribution in [0, 0.1) is 0 Å². The van der Waals surface area contributed by atoms with Crippen LogP contribution in [0.5, 0.6) is 11.5 Å². The second-order valence-corrected chi connectivity index (χ2v) is 4.26. The number of hydrogen-bond donors (Lipinski definition) is 1. The molecular weight excluding hydrogens is 286 g/mol. The molecular formula is C16H15NO5. The van der Waals surface area contributed by atoms with Crippen molar-refractivity contribution in [1.29, 1.82) is 0 Å². The lowest BCUT2D eigenvalue weighted by Gasteiger charge is -2.10. The average molecular weight is 301 g/mol. The number of hydroxylamine groups is 1. The van der Waals surface area contributed by atoms with Gasteiger partial charge in [0.2, 0.25) is 0 Å². The number of carbonyl (C=O) groups excluding carboxylic acids is 2. The van der Waals surface area contributed by atoms with Crippen LogP contribution in [0.1, 0.15) is 20.7 Å². The third kappa shape index (κ3) is 3.54. The first kappa shape index (κ1) is 15.4. The quantitative estimate of drug-likeness (QED) is 0.876. The van der Waals surface area contributed by atoms with Gasteiger partial charge in [-0.25, -0.2) is 4.79 Å². The predicted octanol–water partition coefficient (Wildman–Crippen LogP) is 2.21. The predicted molar refractivity (Wildman–Crippen MR) is 78.9 cm³/mol. The van der Waals surface area contributed by atoms with E-state index >= 15 is 0 Å². The lowest BCUT2D eigenvalue weighted by atomic mass is 10.2. The number of carbonyl (C=O) groups is 2. The molecule has 2 rings (SSSR count). The van der Waals surface area contributed by atoms with Gasteiger partial charge >= 0.3 is 5.97 Å². The van der Waals surface area contributed by atoms with Gasteiger partial charge in [-0.3, -0.25) is 4.79 Å². The normalized spacial score (nSPS) is 9.73. The molecule has 1 N–H and O–H groups in total. The zero-order valence-electron chi connectivity index (χ0n) is 12.2. The number of nitrogens with one attached hydrogen (secondary N) is 1. The van der Waals surface area contributed by atoms with Crippen LogP contribution in [0.4, 0.5) is 0 Å². The van der Waals surface area contributed by atoms with E-state index in [1.165, 1.54) is 26.4 Å². The smallest absolute Gasteiger partial charge is 0.362 e. The van der Waals surface area contributed by atoms with Gasteiger partial charge in [-0.2, -0.15) is 5.48 Å². The molecule has 0 aliphatic carbocycles. The molecule has 0 unspecified atom stereocenters. The highest BCUT2D eigenvalue weighted by Crippen LogP contribution is 2.27. The molecule has 1 amide bonds. The van der Waals surface area contributed by atoms with E-state index in [4.69, 9.17) is 14.3 Å². The van der Waals surface area contributed by atoms with Crippen LogP contribution >= 0.6 is 0 Å². The van der Waals surface area contributed by atoms with Crippen molar-refractivity contribution in [2.45, 2.75) is 0 Å². The van der Waals surface area contributed by atoms with Crippen LogP contribution in [0.3, 0.4) is 0 Å². The Bertz CT molecular complexity index is 669. The Hall–Kier alpha value is -3.02. The molecule has 0 atom stereocenters. The molecule has 0 spiro atoms. The monoisotopic (exact) mass is 301 g/mol. The van der Waals surface area contributed by atoms with Crippen molar-refractivity contribution >= 4 is 11.9 Å². The van der Waals surface area contributed by atoms with Crippen molar-refractivity contribution < 1.29 is 23.9 Å². The van der Waals surface area contributed by atoms with Crippen LogP contribution in [-0.2, 0) is 4.84 Å². The van der Waals surface area contributed by atoms with Gasteiger partial charge < -0.3 is 14.3 Å². The van der Waals surface area contributed by atoms with Crippen LogP contribution in [0.15, 0.2) is 48.5 Å². The van der Waals surface area contributed by atoms with E-state index in [-0.39, 0.29) is 5.56 Å². The van der Waals surface area contributed by atoms with Crippen LogP contribution in [0.25, 0.3) is 0 Å². The maximum Gasteiger partial charge on any atom is 0.362 e. The van der Waals surface area contributed by atoms with Crippen molar-refractivity contribution in [3.05, 3.63) is 59.7 Å². The second kappa shape index (κ2) is 7.12. The highest BCUT2D eigenvalue weighted by Gasteiger charge is 2.13. The van der Waals surface area contributed by atoms with Gasteiger partial charge in [-0.05, 0) is 30.3 Å². The lowest BCUT2D eigenvalue weighted by molar-refractivity contribution is 0.0230. The van der Waals surface area contributed by atoms with Crippen molar-refractivity contribution in [3.8, 4) is 11.5 Å². The fourth-order valence-corrected chi connectivity index (χ4v) is 1.76. The van der Waals surface area contributed by atoms with E-state index in [9.17, 15) is 9.59 Å². The van der Waals surface area contributed by atoms with Crippen LogP contribution in [-0.4, -0.2) is 26.1 Å². The van der Waals surface area contributed by atoms with E-state index in [1.807, 2.05) is 0 Å². The first-order chi connectivity index (χ1) is 10.7. The topological polar surface area (TPSA) is 73.9 Å². The third-order valence-electron chi connectivity index (χ3n) is 2.89. The molecule has 0 fully saturated rings. The second-order valence-electron chi connectivity index (χ2n) is 4.26. The Labute approximate surface area is 127 Å². The van der Waals surface area contributed by atoms with Crippen LogP contribution in [0.2, 0.25) is 0 Å². The summed E-state index contributed by atoms with van der Waals surface area (Å²) in [6, 6.07) is 13.0. The maximum atomic E-state index is 12.0. The molecule has 0 radical (unpaired) electrons. The van der Waals surface area contributed by atoms with Crippen molar-refractivity contribution in [2.75, 3.05) is 14.2 Å². The Morgan fingerprint density at radius 2 is 1.55 bits per heavy atom. The standard InChI is InChI=1S/C16H15NO5/c1-20-13-9-8-12(10-14(13)21-2)15(18)17-22-16(19)11-6-4-3-5-7-11/h3-10H,1-2H3,(H,17,18). The molecule has 0 aliphatic heterocycles. The van der Waals surface area contributed by atoms with Crippen molar-refractivity contribution in [2.24, 2.45) is 0 Å². The number of benzene rings is 2. The molecule has 0 aromatic heterocycles. The summed E-state index contributed by atoms with van der Waals surface area (Å²) in [5.74, 6) is -0.301. The Kier molecular flexibility index (Phi) is 4.98. The fourth-order valence-electron chi connectivity index (χ4n) is 1.76. The van der Waals surface area contributed by atoms with Crippen molar-refractivity contribution in [1.82, 2.24) is 5.48 Å². The highest BCUT2D eigenvalue weighted by atomic mass is 16.7.